The largest absolute Gasteiger partial charge is 0.316 e. The van der Waals surface area contributed by atoms with Gasteiger partial charge in [-0.05, 0) is 63.7 Å². The molecule has 1 aliphatic carbocycles. The number of unbranched alkanes of at least 4 members (excludes halogenated alkanes) is 1. The Morgan fingerprint density at radius 1 is 1.24 bits per heavy atom. The predicted octanol–water partition coefficient (Wildman–Crippen LogP) is 3.13. The van der Waals surface area contributed by atoms with Gasteiger partial charge in [0.2, 0.25) is 0 Å². The van der Waals surface area contributed by atoms with Crippen LogP contribution in [0.4, 0.5) is 0 Å². The van der Waals surface area contributed by atoms with E-state index in [-0.39, 0.29) is 0 Å². The summed E-state index contributed by atoms with van der Waals surface area (Å²) in [7, 11) is 0. The first-order chi connectivity index (χ1) is 8.22. The van der Waals surface area contributed by atoms with Gasteiger partial charge in [-0.25, -0.2) is 0 Å². The molecule has 1 aliphatic rings. The molecule has 17 heavy (non-hydrogen) atoms. The van der Waals surface area contributed by atoms with E-state index in [1.165, 1.54) is 64.8 Å². The normalized spacial score (nSPS) is 16.8. The second kappa shape index (κ2) is 8.93. The number of hydrogen-bond donors (Lipinski definition) is 1. The predicted molar refractivity (Wildman–Crippen MR) is 76.4 cm³/mol. The smallest absolute Gasteiger partial charge is 0.000954 e. The van der Waals surface area contributed by atoms with Crippen molar-refractivity contribution in [1.82, 2.24) is 10.2 Å². The van der Waals surface area contributed by atoms with Crippen molar-refractivity contribution in [3.8, 4) is 0 Å². The molecule has 1 N–H and O–H groups in total. The van der Waals surface area contributed by atoms with Gasteiger partial charge in [0.05, 0.1) is 0 Å². The van der Waals surface area contributed by atoms with Gasteiger partial charge in [0.15, 0.2) is 0 Å². The van der Waals surface area contributed by atoms with E-state index in [0.29, 0.717) is 0 Å². The fraction of sp³-hybridized carbons (Fsp3) is 1.00. The molecule has 0 heterocycles. The van der Waals surface area contributed by atoms with Gasteiger partial charge in [0.1, 0.15) is 0 Å². The van der Waals surface area contributed by atoms with Gasteiger partial charge in [-0.1, -0.05) is 27.2 Å². The van der Waals surface area contributed by atoms with Crippen molar-refractivity contribution >= 4 is 0 Å². The average molecular weight is 240 g/mol. The van der Waals surface area contributed by atoms with Gasteiger partial charge in [0, 0.05) is 6.54 Å². The molecule has 0 atom stereocenters. The Bertz CT molecular complexity index is 176. The SMILES string of the molecule is CCN(CCCCNCC(C)C)CC1CCC1. The van der Waals surface area contributed by atoms with E-state index in [4.69, 9.17) is 0 Å². The van der Waals surface area contributed by atoms with E-state index in [2.05, 4.69) is 31.0 Å². The van der Waals surface area contributed by atoms with Crippen LogP contribution < -0.4 is 5.32 Å². The fourth-order valence-corrected chi connectivity index (χ4v) is 2.40. The monoisotopic (exact) mass is 240 g/mol. The van der Waals surface area contributed by atoms with Crippen molar-refractivity contribution in [1.29, 1.82) is 0 Å². The first-order valence-electron chi connectivity index (χ1n) is 7.65. The Hall–Kier alpha value is -0.0800. The highest BCUT2D eigenvalue weighted by Crippen LogP contribution is 2.26. The molecule has 0 aromatic carbocycles. The third-order valence-corrected chi connectivity index (χ3v) is 3.82. The lowest BCUT2D eigenvalue weighted by atomic mass is 9.85. The van der Waals surface area contributed by atoms with Gasteiger partial charge >= 0.3 is 0 Å². The molecule has 0 saturated heterocycles. The van der Waals surface area contributed by atoms with Crippen molar-refractivity contribution in [2.45, 2.75) is 52.9 Å². The summed E-state index contributed by atoms with van der Waals surface area (Å²) in [6, 6.07) is 0. The van der Waals surface area contributed by atoms with Crippen LogP contribution in [-0.2, 0) is 0 Å². The third-order valence-electron chi connectivity index (χ3n) is 3.82. The van der Waals surface area contributed by atoms with Crippen LogP contribution in [0.2, 0.25) is 0 Å². The lowest BCUT2D eigenvalue weighted by Gasteiger charge is -2.31. The molecule has 0 unspecified atom stereocenters. The van der Waals surface area contributed by atoms with Crippen molar-refractivity contribution in [3.63, 3.8) is 0 Å². The molecule has 0 aromatic heterocycles. The highest BCUT2D eigenvalue weighted by atomic mass is 15.1. The summed E-state index contributed by atoms with van der Waals surface area (Å²) in [4.78, 5) is 2.65. The molecule has 0 spiro atoms. The molecule has 102 valence electrons. The van der Waals surface area contributed by atoms with Crippen LogP contribution in [0.25, 0.3) is 0 Å². The minimum Gasteiger partial charge on any atom is -0.316 e. The molecule has 2 heteroatoms. The van der Waals surface area contributed by atoms with Crippen molar-refractivity contribution in [3.05, 3.63) is 0 Å². The molecule has 0 radical (unpaired) electrons. The van der Waals surface area contributed by atoms with Crippen LogP contribution in [0, 0.1) is 11.8 Å². The van der Waals surface area contributed by atoms with Gasteiger partial charge < -0.3 is 10.2 Å². The quantitative estimate of drug-likeness (QED) is 0.590. The topological polar surface area (TPSA) is 15.3 Å². The van der Waals surface area contributed by atoms with Gasteiger partial charge in [0.25, 0.3) is 0 Å². The van der Waals surface area contributed by atoms with Crippen LogP contribution in [0.5, 0.6) is 0 Å². The third kappa shape index (κ3) is 7.05. The highest BCUT2D eigenvalue weighted by molar-refractivity contribution is 4.73. The standard InChI is InChI=1S/C15H32N2/c1-4-17(13-15-8-7-9-15)11-6-5-10-16-12-14(2)3/h14-16H,4-13H2,1-3H3. The zero-order valence-electron chi connectivity index (χ0n) is 12.2. The van der Waals surface area contributed by atoms with Crippen molar-refractivity contribution in [2.24, 2.45) is 11.8 Å². The molecule has 0 aliphatic heterocycles. The van der Waals surface area contributed by atoms with Crippen molar-refractivity contribution < 1.29 is 0 Å². The molecule has 1 rings (SSSR count). The minimum atomic E-state index is 0.778. The zero-order valence-corrected chi connectivity index (χ0v) is 12.2. The van der Waals surface area contributed by atoms with E-state index >= 15 is 0 Å². The Morgan fingerprint density at radius 3 is 2.53 bits per heavy atom. The Labute approximate surface area is 108 Å². The first-order valence-corrected chi connectivity index (χ1v) is 7.65. The molecule has 0 amide bonds. The molecule has 0 bridgehead atoms. The second-order valence-electron chi connectivity index (χ2n) is 6.00. The highest BCUT2D eigenvalue weighted by Gasteiger charge is 2.19. The lowest BCUT2D eigenvalue weighted by molar-refractivity contribution is 0.181. The van der Waals surface area contributed by atoms with Crippen LogP contribution in [-0.4, -0.2) is 37.6 Å². The maximum absolute atomic E-state index is 3.52. The maximum atomic E-state index is 3.52. The van der Waals surface area contributed by atoms with Gasteiger partial charge in [-0.2, -0.15) is 0 Å². The number of rotatable bonds is 10. The number of nitrogens with one attached hydrogen (secondary N) is 1. The summed E-state index contributed by atoms with van der Waals surface area (Å²) in [6.45, 7) is 13.1. The summed E-state index contributed by atoms with van der Waals surface area (Å²) >= 11 is 0. The summed E-state index contributed by atoms with van der Waals surface area (Å²) in [5.74, 6) is 1.80. The first kappa shape index (κ1) is 15.0. The van der Waals surface area contributed by atoms with Crippen LogP contribution in [0.1, 0.15) is 52.9 Å². The molecule has 1 fully saturated rings. The van der Waals surface area contributed by atoms with Crippen LogP contribution >= 0.6 is 0 Å². The minimum absolute atomic E-state index is 0.778. The summed E-state index contributed by atoms with van der Waals surface area (Å²) in [5.41, 5.74) is 0. The molecular formula is C15H32N2. The Morgan fingerprint density at radius 2 is 2.00 bits per heavy atom. The van der Waals surface area contributed by atoms with E-state index in [0.717, 1.165) is 11.8 Å². The maximum Gasteiger partial charge on any atom is 0.000954 e. The average Bonchev–Trinajstić information content (AvgIpc) is 2.24. The zero-order chi connectivity index (χ0) is 12.5. The number of nitrogens with zero attached hydrogens (tertiary/aromatic N) is 1. The fourth-order valence-electron chi connectivity index (χ4n) is 2.40. The van der Waals surface area contributed by atoms with E-state index in [1.54, 1.807) is 0 Å². The van der Waals surface area contributed by atoms with Crippen LogP contribution in [0.15, 0.2) is 0 Å². The second-order valence-corrected chi connectivity index (χ2v) is 6.00. The Balaban J connectivity index is 1.91. The van der Waals surface area contributed by atoms with Gasteiger partial charge in [-0.3, -0.25) is 0 Å². The van der Waals surface area contributed by atoms with E-state index < -0.39 is 0 Å². The molecule has 1 saturated carbocycles. The molecular weight excluding hydrogens is 208 g/mol. The summed E-state index contributed by atoms with van der Waals surface area (Å²) in [5, 5.41) is 3.52. The number of hydrogen-bond acceptors (Lipinski definition) is 2. The van der Waals surface area contributed by atoms with E-state index in [9.17, 15) is 0 Å². The Kier molecular flexibility index (Phi) is 7.87. The molecule has 2 nitrogen and oxygen atoms in total. The summed E-state index contributed by atoms with van der Waals surface area (Å²) in [6.07, 6.45) is 7.11. The van der Waals surface area contributed by atoms with E-state index in [1.807, 2.05) is 0 Å². The van der Waals surface area contributed by atoms with Gasteiger partial charge in [-0.15, -0.1) is 0 Å². The van der Waals surface area contributed by atoms with Crippen molar-refractivity contribution in [2.75, 3.05) is 32.7 Å². The summed E-state index contributed by atoms with van der Waals surface area (Å²) < 4.78 is 0. The van der Waals surface area contributed by atoms with Crippen LogP contribution in [0.3, 0.4) is 0 Å². The molecule has 0 aromatic rings. The lowest BCUT2D eigenvalue weighted by Crippen LogP contribution is -2.33.